The Morgan fingerprint density at radius 2 is 2.06 bits per heavy atom. The monoisotopic (exact) mass is 220 g/mol. The number of amides is 1. The van der Waals surface area contributed by atoms with Crippen LogP contribution in [-0.2, 0) is 6.54 Å². The molecule has 0 radical (unpaired) electrons. The maximum Gasteiger partial charge on any atom is 0.251 e. The number of nitrogens with two attached hydrogens (primary N) is 1. The fourth-order valence-electron chi connectivity index (χ4n) is 1.60. The number of rotatable bonds is 5. The molecule has 16 heavy (non-hydrogen) atoms. The molecule has 0 saturated carbocycles. The van der Waals surface area contributed by atoms with Crippen molar-refractivity contribution in [3.8, 4) is 0 Å². The zero-order valence-corrected chi connectivity index (χ0v) is 9.99. The average molecular weight is 220 g/mol. The topological polar surface area (TPSA) is 55.1 Å². The molecule has 0 saturated heterocycles. The third-order valence-electron chi connectivity index (χ3n) is 2.75. The van der Waals surface area contributed by atoms with Crippen LogP contribution >= 0.6 is 0 Å². The first kappa shape index (κ1) is 12.7. The molecule has 1 rings (SSSR count). The van der Waals surface area contributed by atoms with E-state index in [0.29, 0.717) is 12.1 Å². The molecule has 0 unspecified atom stereocenters. The molecule has 1 aromatic carbocycles. The van der Waals surface area contributed by atoms with Crippen molar-refractivity contribution in [2.24, 2.45) is 5.73 Å². The highest BCUT2D eigenvalue weighted by atomic mass is 16.1. The van der Waals surface area contributed by atoms with E-state index in [9.17, 15) is 4.79 Å². The predicted molar refractivity (Wildman–Crippen MR) is 66.2 cm³/mol. The summed E-state index contributed by atoms with van der Waals surface area (Å²) in [6.45, 7) is 4.61. The molecule has 0 spiro atoms. The molecule has 0 bridgehead atoms. The Morgan fingerprint density at radius 1 is 1.38 bits per heavy atom. The van der Waals surface area contributed by atoms with Gasteiger partial charge in [0.2, 0.25) is 0 Å². The smallest absolute Gasteiger partial charge is 0.251 e. The number of carbonyl (C=O) groups is 1. The summed E-state index contributed by atoms with van der Waals surface area (Å²) >= 11 is 0. The van der Waals surface area contributed by atoms with Gasteiger partial charge in [0.25, 0.3) is 5.91 Å². The van der Waals surface area contributed by atoms with Crippen molar-refractivity contribution in [2.75, 3.05) is 0 Å². The summed E-state index contributed by atoms with van der Waals surface area (Å²) in [4.78, 5) is 11.9. The third-order valence-corrected chi connectivity index (χ3v) is 2.75. The Kier molecular flexibility index (Phi) is 4.99. The van der Waals surface area contributed by atoms with E-state index in [-0.39, 0.29) is 11.9 Å². The SMILES string of the molecule is CCC(CC)NC(=O)c1cccc(CN)c1. The summed E-state index contributed by atoms with van der Waals surface area (Å²) in [5.74, 6) is -0.0102. The van der Waals surface area contributed by atoms with E-state index in [1.54, 1.807) is 0 Å². The molecule has 1 amide bonds. The van der Waals surface area contributed by atoms with Crippen LogP contribution in [0.25, 0.3) is 0 Å². The Labute approximate surface area is 97.0 Å². The van der Waals surface area contributed by atoms with Gasteiger partial charge >= 0.3 is 0 Å². The quantitative estimate of drug-likeness (QED) is 0.798. The van der Waals surface area contributed by atoms with Crippen molar-refractivity contribution in [3.63, 3.8) is 0 Å². The van der Waals surface area contributed by atoms with E-state index in [1.165, 1.54) is 0 Å². The largest absolute Gasteiger partial charge is 0.349 e. The normalized spacial score (nSPS) is 10.5. The molecule has 0 heterocycles. The lowest BCUT2D eigenvalue weighted by atomic mass is 10.1. The van der Waals surface area contributed by atoms with E-state index in [4.69, 9.17) is 5.73 Å². The summed E-state index contributed by atoms with van der Waals surface area (Å²) in [5.41, 5.74) is 7.21. The molecule has 0 aliphatic heterocycles. The Bertz CT molecular complexity index is 346. The van der Waals surface area contributed by atoms with E-state index in [2.05, 4.69) is 19.2 Å². The molecule has 0 atom stereocenters. The van der Waals surface area contributed by atoms with Crippen molar-refractivity contribution in [3.05, 3.63) is 35.4 Å². The van der Waals surface area contributed by atoms with Crippen LogP contribution in [0.4, 0.5) is 0 Å². The lowest BCUT2D eigenvalue weighted by molar-refractivity contribution is 0.0935. The van der Waals surface area contributed by atoms with Crippen molar-refractivity contribution in [1.29, 1.82) is 0 Å². The van der Waals surface area contributed by atoms with Crippen molar-refractivity contribution < 1.29 is 4.79 Å². The minimum absolute atomic E-state index is 0.0102. The van der Waals surface area contributed by atoms with Crippen molar-refractivity contribution >= 4 is 5.91 Å². The second-order valence-corrected chi connectivity index (χ2v) is 3.89. The highest BCUT2D eigenvalue weighted by Crippen LogP contribution is 2.06. The van der Waals surface area contributed by atoms with E-state index in [1.807, 2.05) is 24.3 Å². The minimum atomic E-state index is -0.0102. The third kappa shape index (κ3) is 3.35. The first-order valence-corrected chi connectivity index (χ1v) is 5.81. The molecule has 3 nitrogen and oxygen atoms in total. The lowest BCUT2D eigenvalue weighted by Gasteiger charge is -2.14. The fourth-order valence-corrected chi connectivity index (χ4v) is 1.60. The molecule has 3 N–H and O–H groups in total. The van der Waals surface area contributed by atoms with E-state index in [0.717, 1.165) is 18.4 Å². The predicted octanol–water partition coefficient (Wildman–Crippen LogP) is 2.06. The van der Waals surface area contributed by atoms with E-state index >= 15 is 0 Å². The lowest BCUT2D eigenvalue weighted by Crippen LogP contribution is -2.33. The van der Waals surface area contributed by atoms with E-state index < -0.39 is 0 Å². The summed E-state index contributed by atoms with van der Waals surface area (Å²) in [6, 6.07) is 7.71. The van der Waals surface area contributed by atoms with Crippen LogP contribution in [0.2, 0.25) is 0 Å². The summed E-state index contributed by atoms with van der Waals surface area (Å²) in [5, 5.41) is 3.00. The molecular formula is C13H20N2O. The Balaban J connectivity index is 2.72. The second kappa shape index (κ2) is 6.28. The van der Waals surface area contributed by atoms with Crippen LogP contribution in [0.3, 0.4) is 0 Å². The van der Waals surface area contributed by atoms with Gasteiger partial charge in [-0.05, 0) is 30.5 Å². The van der Waals surface area contributed by atoms with Crippen molar-refractivity contribution in [1.82, 2.24) is 5.32 Å². The van der Waals surface area contributed by atoms with Gasteiger partial charge in [-0.1, -0.05) is 26.0 Å². The van der Waals surface area contributed by atoms with Crippen LogP contribution in [0.15, 0.2) is 24.3 Å². The highest BCUT2D eigenvalue weighted by molar-refractivity contribution is 5.94. The molecule has 0 aliphatic carbocycles. The molecule has 1 aromatic rings. The number of nitrogens with one attached hydrogen (secondary N) is 1. The van der Waals surface area contributed by atoms with Crippen molar-refractivity contribution in [2.45, 2.75) is 39.3 Å². The molecule has 0 aromatic heterocycles. The van der Waals surface area contributed by atoms with Gasteiger partial charge in [0.1, 0.15) is 0 Å². The Hall–Kier alpha value is -1.35. The number of benzene rings is 1. The van der Waals surface area contributed by atoms with Crippen LogP contribution in [0.5, 0.6) is 0 Å². The second-order valence-electron chi connectivity index (χ2n) is 3.89. The summed E-state index contributed by atoms with van der Waals surface area (Å²) < 4.78 is 0. The van der Waals surface area contributed by atoms with Gasteiger partial charge in [-0.15, -0.1) is 0 Å². The first-order valence-electron chi connectivity index (χ1n) is 5.81. The van der Waals surface area contributed by atoms with Gasteiger partial charge < -0.3 is 11.1 Å². The zero-order chi connectivity index (χ0) is 12.0. The van der Waals surface area contributed by atoms with Gasteiger partial charge in [-0.2, -0.15) is 0 Å². The van der Waals surface area contributed by atoms with Gasteiger partial charge in [0.15, 0.2) is 0 Å². The molecule has 0 aliphatic rings. The molecule has 0 fully saturated rings. The number of carbonyl (C=O) groups excluding carboxylic acids is 1. The average Bonchev–Trinajstić information content (AvgIpc) is 2.35. The van der Waals surface area contributed by atoms with Gasteiger partial charge in [-0.25, -0.2) is 0 Å². The van der Waals surface area contributed by atoms with Crippen LogP contribution in [0, 0.1) is 0 Å². The molecular weight excluding hydrogens is 200 g/mol. The zero-order valence-electron chi connectivity index (χ0n) is 9.99. The molecule has 3 heteroatoms. The Morgan fingerprint density at radius 3 is 2.62 bits per heavy atom. The highest BCUT2D eigenvalue weighted by Gasteiger charge is 2.10. The van der Waals surface area contributed by atoms with Crippen LogP contribution < -0.4 is 11.1 Å². The summed E-state index contributed by atoms with van der Waals surface area (Å²) in [7, 11) is 0. The molecule has 88 valence electrons. The maximum atomic E-state index is 11.9. The maximum absolute atomic E-state index is 11.9. The first-order chi connectivity index (χ1) is 7.71. The van der Waals surface area contributed by atoms with Gasteiger partial charge in [-0.3, -0.25) is 4.79 Å². The van der Waals surface area contributed by atoms with Crippen LogP contribution in [-0.4, -0.2) is 11.9 Å². The van der Waals surface area contributed by atoms with Crippen LogP contribution in [0.1, 0.15) is 42.6 Å². The van der Waals surface area contributed by atoms with Gasteiger partial charge in [0, 0.05) is 18.2 Å². The fraction of sp³-hybridized carbons (Fsp3) is 0.462. The summed E-state index contributed by atoms with van der Waals surface area (Å²) in [6.07, 6.45) is 1.91. The standard InChI is InChI=1S/C13H20N2O/c1-3-12(4-2)15-13(16)11-7-5-6-10(8-11)9-14/h5-8,12H,3-4,9,14H2,1-2H3,(H,15,16). The minimum Gasteiger partial charge on any atom is -0.349 e. The van der Waals surface area contributed by atoms with Gasteiger partial charge in [0.05, 0.1) is 0 Å². The number of hydrogen-bond donors (Lipinski definition) is 2. The number of hydrogen-bond acceptors (Lipinski definition) is 2.